The second-order valence-corrected chi connectivity index (χ2v) is 9.45. The maximum atomic E-state index is 13.1. The van der Waals surface area contributed by atoms with E-state index < -0.39 is 10.0 Å². The number of benzene rings is 2. The number of sulfonamides is 1. The van der Waals surface area contributed by atoms with Gasteiger partial charge in [0.1, 0.15) is 5.75 Å². The van der Waals surface area contributed by atoms with Crippen LogP contribution in [0, 0.1) is 13.8 Å². The van der Waals surface area contributed by atoms with Crippen LogP contribution in [0.5, 0.6) is 5.75 Å². The van der Waals surface area contributed by atoms with Crippen molar-refractivity contribution < 1.29 is 22.7 Å². The molecule has 158 valence electrons. The minimum atomic E-state index is -3.75. The number of nitrogens with one attached hydrogen (secondary N) is 1. The van der Waals surface area contributed by atoms with Gasteiger partial charge in [-0.2, -0.15) is 4.31 Å². The van der Waals surface area contributed by atoms with Gasteiger partial charge in [-0.05, 0) is 43.7 Å². The van der Waals surface area contributed by atoms with Gasteiger partial charge in [-0.25, -0.2) is 8.42 Å². The summed E-state index contributed by atoms with van der Waals surface area (Å²) in [6.07, 6.45) is 0. The molecule has 0 saturated carbocycles. The maximum Gasteiger partial charge on any atom is 0.262 e. The summed E-state index contributed by atoms with van der Waals surface area (Å²) in [5.74, 6) is 0.0335. The van der Waals surface area contributed by atoms with Gasteiger partial charge < -0.3 is 15.0 Å². The molecular weight excluding hydrogens is 406 g/mol. The Hall–Kier alpha value is -2.91. The Morgan fingerprint density at radius 3 is 2.47 bits per heavy atom. The van der Waals surface area contributed by atoms with Crippen LogP contribution in [0.4, 0.5) is 5.69 Å². The molecule has 0 atom stereocenters. The molecule has 0 unspecified atom stereocenters. The number of hydrogen-bond acceptors (Lipinski definition) is 5. The van der Waals surface area contributed by atoms with Crippen LogP contribution in [-0.2, 0) is 14.8 Å². The molecular formula is C21H23N3O5S. The quantitative estimate of drug-likeness (QED) is 0.802. The molecule has 9 heteroatoms. The fourth-order valence-electron chi connectivity index (χ4n) is 3.73. The van der Waals surface area contributed by atoms with Crippen molar-refractivity contribution in [3.8, 4) is 5.75 Å². The number of fused-ring (bicyclic) bond motifs is 1. The van der Waals surface area contributed by atoms with Crippen molar-refractivity contribution in [2.45, 2.75) is 18.7 Å². The van der Waals surface area contributed by atoms with Crippen molar-refractivity contribution in [2.24, 2.45) is 0 Å². The lowest BCUT2D eigenvalue weighted by atomic mass is 10.0. The van der Waals surface area contributed by atoms with Crippen LogP contribution in [-0.4, -0.2) is 62.2 Å². The number of anilines is 1. The van der Waals surface area contributed by atoms with Gasteiger partial charge in [0, 0.05) is 31.7 Å². The first kappa shape index (κ1) is 20.4. The Kier molecular flexibility index (Phi) is 5.25. The average molecular weight is 429 g/mol. The molecule has 0 spiro atoms. The molecule has 0 bridgehead atoms. The highest BCUT2D eigenvalue weighted by Crippen LogP contribution is 2.31. The lowest BCUT2D eigenvalue weighted by Gasteiger charge is -2.34. The van der Waals surface area contributed by atoms with Gasteiger partial charge in [-0.3, -0.25) is 9.59 Å². The third-order valence-corrected chi connectivity index (χ3v) is 7.25. The summed E-state index contributed by atoms with van der Waals surface area (Å²) in [7, 11) is -3.75. The zero-order chi connectivity index (χ0) is 21.5. The number of hydrogen-bond donors (Lipinski definition) is 1. The van der Waals surface area contributed by atoms with Crippen molar-refractivity contribution in [2.75, 3.05) is 38.1 Å². The number of aryl methyl sites for hydroxylation is 2. The second kappa shape index (κ2) is 7.73. The van der Waals surface area contributed by atoms with E-state index in [-0.39, 0.29) is 36.4 Å². The largest absolute Gasteiger partial charge is 0.482 e. The highest BCUT2D eigenvalue weighted by atomic mass is 32.2. The topological polar surface area (TPSA) is 96.0 Å². The molecule has 4 rings (SSSR count). The molecule has 0 aliphatic carbocycles. The number of ether oxygens (including phenoxy) is 1. The van der Waals surface area contributed by atoms with Crippen molar-refractivity contribution in [1.29, 1.82) is 0 Å². The smallest absolute Gasteiger partial charge is 0.262 e. The monoisotopic (exact) mass is 429 g/mol. The van der Waals surface area contributed by atoms with Gasteiger partial charge in [-0.15, -0.1) is 0 Å². The SMILES string of the molecule is Cc1ccc(C(=O)N2CCN(S(=O)(=O)c3ccc4c(c3)NC(=O)CO4)CC2)c(C)c1. The summed E-state index contributed by atoms with van der Waals surface area (Å²) >= 11 is 0. The summed E-state index contributed by atoms with van der Waals surface area (Å²) in [6, 6.07) is 10.1. The predicted octanol–water partition coefficient (Wildman–Crippen LogP) is 1.78. The fourth-order valence-corrected chi connectivity index (χ4v) is 5.18. The molecule has 30 heavy (non-hydrogen) atoms. The van der Waals surface area contributed by atoms with Crippen LogP contribution in [0.2, 0.25) is 0 Å². The van der Waals surface area contributed by atoms with Gasteiger partial charge in [0.2, 0.25) is 10.0 Å². The molecule has 1 fully saturated rings. The van der Waals surface area contributed by atoms with E-state index >= 15 is 0 Å². The van der Waals surface area contributed by atoms with E-state index in [0.29, 0.717) is 30.1 Å². The Morgan fingerprint density at radius 1 is 1.03 bits per heavy atom. The number of carbonyl (C=O) groups excluding carboxylic acids is 2. The van der Waals surface area contributed by atoms with Gasteiger partial charge in [0.15, 0.2) is 6.61 Å². The first-order valence-electron chi connectivity index (χ1n) is 9.69. The summed E-state index contributed by atoms with van der Waals surface area (Å²) in [5, 5.41) is 2.62. The van der Waals surface area contributed by atoms with E-state index in [1.54, 1.807) is 11.0 Å². The van der Waals surface area contributed by atoms with Gasteiger partial charge >= 0.3 is 0 Å². The van der Waals surface area contributed by atoms with Gasteiger partial charge in [0.05, 0.1) is 10.6 Å². The summed E-state index contributed by atoms with van der Waals surface area (Å²) in [6.45, 7) is 4.84. The van der Waals surface area contributed by atoms with Crippen molar-refractivity contribution in [3.63, 3.8) is 0 Å². The lowest BCUT2D eigenvalue weighted by Crippen LogP contribution is -2.50. The van der Waals surface area contributed by atoms with Crippen molar-refractivity contribution in [1.82, 2.24) is 9.21 Å². The Bertz CT molecular complexity index is 1120. The lowest BCUT2D eigenvalue weighted by molar-refractivity contribution is -0.118. The number of piperazine rings is 1. The Labute approximate surface area is 175 Å². The molecule has 0 radical (unpaired) electrons. The molecule has 2 amide bonds. The average Bonchev–Trinajstić information content (AvgIpc) is 2.73. The number of carbonyl (C=O) groups is 2. The molecule has 0 aromatic heterocycles. The number of amides is 2. The third-order valence-electron chi connectivity index (χ3n) is 5.36. The first-order valence-corrected chi connectivity index (χ1v) is 11.1. The summed E-state index contributed by atoms with van der Waals surface area (Å²) < 4.78 is 32.8. The van der Waals surface area contributed by atoms with Crippen molar-refractivity contribution >= 4 is 27.5 Å². The van der Waals surface area contributed by atoms with E-state index in [9.17, 15) is 18.0 Å². The molecule has 1 saturated heterocycles. The van der Waals surface area contributed by atoms with Crippen molar-refractivity contribution in [3.05, 3.63) is 53.1 Å². The van der Waals surface area contributed by atoms with Crippen LogP contribution in [0.15, 0.2) is 41.3 Å². The minimum Gasteiger partial charge on any atom is -0.482 e. The van der Waals surface area contributed by atoms with E-state index in [1.807, 2.05) is 32.0 Å². The van der Waals surface area contributed by atoms with Gasteiger partial charge in [0.25, 0.3) is 11.8 Å². The van der Waals surface area contributed by atoms with E-state index in [4.69, 9.17) is 4.74 Å². The highest BCUT2D eigenvalue weighted by Gasteiger charge is 2.31. The molecule has 2 aliphatic rings. The fraction of sp³-hybridized carbons (Fsp3) is 0.333. The predicted molar refractivity (Wildman–Crippen MR) is 111 cm³/mol. The zero-order valence-corrected chi connectivity index (χ0v) is 17.7. The Balaban J connectivity index is 1.47. The molecule has 2 aliphatic heterocycles. The summed E-state index contributed by atoms with van der Waals surface area (Å²) in [5.41, 5.74) is 2.98. The number of rotatable bonds is 3. The normalized spacial score (nSPS) is 17.1. The number of nitrogens with zero attached hydrogens (tertiary/aromatic N) is 2. The van der Waals surface area contributed by atoms with E-state index in [0.717, 1.165) is 11.1 Å². The molecule has 8 nitrogen and oxygen atoms in total. The molecule has 2 aromatic carbocycles. The molecule has 1 N–H and O–H groups in total. The van der Waals surface area contributed by atoms with E-state index in [2.05, 4.69) is 5.32 Å². The van der Waals surface area contributed by atoms with Gasteiger partial charge in [-0.1, -0.05) is 17.7 Å². The zero-order valence-electron chi connectivity index (χ0n) is 16.8. The minimum absolute atomic E-state index is 0.0844. The molecule has 2 heterocycles. The van der Waals surface area contributed by atoms with Crippen LogP contribution < -0.4 is 10.1 Å². The standard InChI is InChI=1S/C21H23N3O5S/c1-14-3-5-17(15(2)11-14)21(26)23-7-9-24(10-8-23)30(27,28)16-4-6-19-18(12-16)22-20(25)13-29-19/h3-6,11-12H,7-10,13H2,1-2H3,(H,22,25). The highest BCUT2D eigenvalue weighted by molar-refractivity contribution is 7.89. The first-order chi connectivity index (χ1) is 14.3. The third kappa shape index (κ3) is 3.78. The summed E-state index contributed by atoms with van der Waals surface area (Å²) in [4.78, 5) is 26.1. The van der Waals surface area contributed by atoms with Crippen LogP contribution >= 0.6 is 0 Å². The molecule has 2 aromatic rings. The Morgan fingerprint density at radius 2 is 1.77 bits per heavy atom. The second-order valence-electron chi connectivity index (χ2n) is 7.51. The van der Waals surface area contributed by atoms with Crippen LogP contribution in [0.25, 0.3) is 0 Å². The van der Waals surface area contributed by atoms with Crippen LogP contribution in [0.1, 0.15) is 21.5 Å². The maximum absolute atomic E-state index is 13.1. The van der Waals surface area contributed by atoms with E-state index in [1.165, 1.54) is 16.4 Å². The van der Waals surface area contributed by atoms with Crippen LogP contribution in [0.3, 0.4) is 0 Å².